The molecule has 0 atom stereocenters. The molecule has 0 aliphatic heterocycles. The van der Waals surface area contributed by atoms with Crippen LogP contribution in [0.25, 0.3) is 0 Å². The molecule has 5 rings (SSSR count). The lowest BCUT2D eigenvalue weighted by Gasteiger charge is -2.22. The van der Waals surface area contributed by atoms with Gasteiger partial charge in [-0.2, -0.15) is 0 Å². The summed E-state index contributed by atoms with van der Waals surface area (Å²) in [5.41, 5.74) is 10.1. The van der Waals surface area contributed by atoms with E-state index in [-0.39, 0.29) is 21.7 Å². The summed E-state index contributed by atoms with van der Waals surface area (Å²) in [6.07, 6.45) is 4.08. The standard InChI is InChI=1S/C35H42ClN7O4S/c1-41(2)20-9-21-42(3)23-19-37-34(44)32-14-8-22-43(32)48(46,47)27-17-18-31(30(36)24-27)39-40-35(45)38-33-28-12-6-4-10-25(28)15-16-26-11-5-7-13-29(26)33/h4-8,10-14,17-18,22,24,33,39H,9,15-16,19-21,23H2,1-3H3,(H,37,44)(H2,38,40,45). The van der Waals surface area contributed by atoms with E-state index >= 15 is 0 Å². The van der Waals surface area contributed by atoms with Gasteiger partial charge in [0.25, 0.3) is 15.9 Å². The molecule has 48 heavy (non-hydrogen) atoms. The van der Waals surface area contributed by atoms with Crippen molar-refractivity contribution in [1.82, 2.24) is 29.8 Å². The average Bonchev–Trinajstić information content (AvgIpc) is 3.52. The minimum atomic E-state index is -4.15. The number of aryl methyl sites for hydroxylation is 2. The lowest BCUT2D eigenvalue weighted by molar-refractivity contribution is 0.0943. The van der Waals surface area contributed by atoms with Crippen molar-refractivity contribution < 1.29 is 18.0 Å². The van der Waals surface area contributed by atoms with Crippen LogP contribution in [0.5, 0.6) is 0 Å². The van der Waals surface area contributed by atoms with E-state index in [1.54, 1.807) is 0 Å². The second kappa shape index (κ2) is 15.7. The summed E-state index contributed by atoms with van der Waals surface area (Å²) in [5.74, 6) is -0.497. The fourth-order valence-corrected chi connectivity index (χ4v) is 7.47. The second-order valence-electron chi connectivity index (χ2n) is 12.1. The molecule has 0 fully saturated rings. The first-order valence-corrected chi connectivity index (χ1v) is 17.7. The molecule has 4 aromatic rings. The molecule has 254 valence electrons. The highest BCUT2D eigenvalue weighted by molar-refractivity contribution is 7.90. The number of hydrazine groups is 1. The van der Waals surface area contributed by atoms with Crippen molar-refractivity contribution in [3.05, 3.63) is 118 Å². The molecule has 0 saturated heterocycles. The number of fused-ring (bicyclic) bond motifs is 2. The summed E-state index contributed by atoms with van der Waals surface area (Å²) in [4.78, 5) is 30.2. The van der Waals surface area contributed by atoms with Crippen LogP contribution in [-0.2, 0) is 22.9 Å². The molecular formula is C35H42ClN7O4S. The van der Waals surface area contributed by atoms with E-state index in [9.17, 15) is 18.0 Å². The van der Waals surface area contributed by atoms with Gasteiger partial charge in [0, 0.05) is 19.3 Å². The van der Waals surface area contributed by atoms with E-state index in [1.807, 2.05) is 57.5 Å². The lowest BCUT2D eigenvalue weighted by atomic mass is 9.95. The van der Waals surface area contributed by atoms with Crippen molar-refractivity contribution in [3.8, 4) is 0 Å². The molecule has 0 saturated carbocycles. The smallest absolute Gasteiger partial charge is 0.334 e. The molecule has 1 aliphatic rings. The number of likely N-dealkylation sites (N-methyl/N-ethyl adjacent to an activating group) is 1. The summed E-state index contributed by atoms with van der Waals surface area (Å²) in [6.45, 7) is 2.85. The van der Waals surface area contributed by atoms with Crippen molar-refractivity contribution in [2.24, 2.45) is 0 Å². The van der Waals surface area contributed by atoms with Crippen LogP contribution in [0.3, 0.4) is 0 Å². The normalized spacial score (nSPS) is 13.0. The fourth-order valence-electron chi connectivity index (χ4n) is 5.81. The van der Waals surface area contributed by atoms with Gasteiger partial charge >= 0.3 is 6.03 Å². The average molecular weight is 692 g/mol. The Hall–Kier alpha value is -4.36. The Bertz CT molecular complexity index is 1810. The van der Waals surface area contributed by atoms with Gasteiger partial charge in [-0.3, -0.25) is 15.6 Å². The summed E-state index contributed by atoms with van der Waals surface area (Å²) in [7, 11) is 1.88. The highest BCUT2D eigenvalue weighted by Gasteiger charge is 2.26. The predicted octanol–water partition coefficient (Wildman–Crippen LogP) is 4.51. The number of halogens is 1. The van der Waals surface area contributed by atoms with Gasteiger partial charge in [0.15, 0.2) is 0 Å². The summed E-state index contributed by atoms with van der Waals surface area (Å²) in [5, 5.41) is 5.95. The Morgan fingerprint density at radius 1 is 0.875 bits per heavy atom. The molecule has 0 unspecified atom stereocenters. The van der Waals surface area contributed by atoms with Crippen LogP contribution in [0.2, 0.25) is 5.02 Å². The minimum absolute atomic E-state index is 0.0106. The van der Waals surface area contributed by atoms with E-state index in [1.165, 1.54) is 47.7 Å². The third-order valence-electron chi connectivity index (χ3n) is 8.35. The van der Waals surface area contributed by atoms with Crippen molar-refractivity contribution >= 4 is 39.2 Å². The van der Waals surface area contributed by atoms with Gasteiger partial charge in [0.1, 0.15) is 5.69 Å². The number of amides is 3. The van der Waals surface area contributed by atoms with Crippen LogP contribution in [0.1, 0.15) is 45.2 Å². The Morgan fingerprint density at radius 3 is 2.19 bits per heavy atom. The van der Waals surface area contributed by atoms with Gasteiger partial charge in [-0.05, 0) is 106 Å². The molecule has 1 heterocycles. The molecule has 0 spiro atoms. The number of rotatable bonds is 13. The van der Waals surface area contributed by atoms with Crippen LogP contribution in [0, 0.1) is 0 Å². The fraction of sp³-hybridized carbons (Fsp3) is 0.314. The molecule has 0 bridgehead atoms. The van der Waals surface area contributed by atoms with Crippen molar-refractivity contribution in [1.29, 1.82) is 0 Å². The first-order chi connectivity index (χ1) is 23.0. The Labute approximate surface area is 287 Å². The molecule has 3 amide bonds. The first-order valence-electron chi connectivity index (χ1n) is 15.9. The molecular weight excluding hydrogens is 650 g/mol. The van der Waals surface area contributed by atoms with Crippen molar-refractivity contribution in [2.45, 2.75) is 30.2 Å². The SMILES string of the molecule is CN(C)CCCN(C)CCNC(=O)c1cccn1S(=O)(=O)c1ccc(NNC(=O)NC2c3ccccc3CCc3ccccc32)c(Cl)c1. The van der Waals surface area contributed by atoms with E-state index in [0.29, 0.717) is 18.8 Å². The number of hydrogen-bond donors (Lipinski definition) is 4. The second-order valence-corrected chi connectivity index (χ2v) is 14.3. The molecule has 1 aromatic heterocycles. The number of anilines is 1. The molecule has 4 N–H and O–H groups in total. The largest absolute Gasteiger partial charge is 0.349 e. The number of urea groups is 1. The van der Waals surface area contributed by atoms with Crippen LogP contribution in [0.15, 0.2) is 90.0 Å². The number of aromatic nitrogens is 1. The molecule has 3 aromatic carbocycles. The highest BCUT2D eigenvalue weighted by Crippen LogP contribution is 2.32. The number of hydrogen-bond acceptors (Lipinski definition) is 7. The van der Waals surface area contributed by atoms with E-state index in [2.05, 4.69) is 43.4 Å². The third kappa shape index (κ3) is 8.37. The quantitative estimate of drug-likeness (QED) is 0.152. The summed E-state index contributed by atoms with van der Waals surface area (Å²) < 4.78 is 28.1. The summed E-state index contributed by atoms with van der Waals surface area (Å²) in [6, 6.07) is 22.4. The monoisotopic (exact) mass is 691 g/mol. The van der Waals surface area contributed by atoms with E-state index in [4.69, 9.17) is 11.6 Å². The molecule has 1 aliphatic carbocycles. The molecule has 0 radical (unpaired) electrons. The third-order valence-corrected chi connectivity index (χ3v) is 10.3. The van der Waals surface area contributed by atoms with Gasteiger partial charge in [-0.15, -0.1) is 0 Å². The van der Waals surface area contributed by atoms with Crippen LogP contribution in [-0.4, -0.2) is 81.5 Å². The molecule has 13 heteroatoms. The zero-order chi connectivity index (χ0) is 34.3. The van der Waals surface area contributed by atoms with Gasteiger partial charge in [-0.1, -0.05) is 60.1 Å². The van der Waals surface area contributed by atoms with Crippen LogP contribution in [0.4, 0.5) is 10.5 Å². The Kier molecular flexibility index (Phi) is 11.4. The Morgan fingerprint density at radius 2 is 1.54 bits per heavy atom. The maximum atomic E-state index is 13.6. The summed E-state index contributed by atoms with van der Waals surface area (Å²) >= 11 is 6.49. The Balaban J connectivity index is 1.21. The van der Waals surface area contributed by atoms with Crippen LogP contribution >= 0.6 is 11.6 Å². The first kappa shape index (κ1) is 35.0. The van der Waals surface area contributed by atoms with Crippen molar-refractivity contribution in [3.63, 3.8) is 0 Å². The highest BCUT2D eigenvalue weighted by atomic mass is 35.5. The molecule has 11 nitrogen and oxygen atoms in total. The van der Waals surface area contributed by atoms with E-state index in [0.717, 1.165) is 47.5 Å². The van der Waals surface area contributed by atoms with Crippen molar-refractivity contribution in [2.75, 3.05) is 52.7 Å². The number of benzene rings is 3. The van der Waals surface area contributed by atoms with Gasteiger partial charge < -0.3 is 20.4 Å². The van der Waals surface area contributed by atoms with E-state index < -0.39 is 22.0 Å². The number of nitrogens with zero attached hydrogens (tertiary/aromatic N) is 3. The minimum Gasteiger partial charge on any atom is -0.349 e. The zero-order valence-corrected chi connectivity index (χ0v) is 28.9. The predicted molar refractivity (Wildman–Crippen MR) is 189 cm³/mol. The maximum Gasteiger partial charge on any atom is 0.334 e. The number of carbonyl (C=O) groups excluding carboxylic acids is 2. The number of nitrogens with one attached hydrogen (secondary N) is 4. The maximum absolute atomic E-state index is 13.6. The van der Waals surface area contributed by atoms with Gasteiger partial charge in [0.2, 0.25) is 0 Å². The zero-order valence-electron chi connectivity index (χ0n) is 27.4. The van der Waals surface area contributed by atoms with Gasteiger partial charge in [0.05, 0.1) is 21.6 Å². The topological polar surface area (TPSA) is 128 Å². The van der Waals surface area contributed by atoms with Gasteiger partial charge in [-0.25, -0.2) is 17.2 Å². The number of carbonyl (C=O) groups is 2. The lowest BCUT2D eigenvalue weighted by Crippen LogP contribution is -2.41. The van der Waals surface area contributed by atoms with Crippen LogP contribution < -0.4 is 21.5 Å².